The molecule has 0 saturated carbocycles. The summed E-state index contributed by atoms with van der Waals surface area (Å²) in [6.07, 6.45) is 5.32. The van der Waals surface area contributed by atoms with E-state index in [0.717, 1.165) is 10.9 Å². The van der Waals surface area contributed by atoms with E-state index in [0.29, 0.717) is 42.5 Å². The molecule has 29 heteroatoms. The number of hydrogen-bond acceptors (Lipinski definition) is 14. The van der Waals surface area contributed by atoms with Crippen LogP contribution in [-0.2, 0) is 67.2 Å². The van der Waals surface area contributed by atoms with E-state index in [-0.39, 0.29) is 76.4 Å². The maximum Gasteiger partial charge on any atom is 0.243 e. The van der Waals surface area contributed by atoms with Crippen LogP contribution < -0.4 is 76.9 Å². The molecule has 0 fully saturated rings. The Morgan fingerprint density at radius 3 is 1.62 bits per heavy atom. The van der Waals surface area contributed by atoms with E-state index in [1.165, 1.54) is 26.4 Å². The Labute approximate surface area is 473 Å². The number of aldehydes is 1. The fourth-order valence-corrected chi connectivity index (χ4v) is 8.55. The maximum atomic E-state index is 14.8. The molecule has 0 unspecified atom stereocenters. The molecule has 0 radical (unpaired) electrons. The van der Waals surface area contributed by atoms with E-state index in [4.69, 9.17) is 34.4 Å². The summed E-state index contributed by atoms with van der Waals surface area (Å²) in [7, 11) is 0. The van der Waals surface area contributed by atoms with Crippen molar-refractivity contribution in [1.29, 1.82) is 0 Å². The molecule has 444 valence electrons. The molecular weight excluding hydrogens is 1060 g/mol. The van der Waals surface area contributed by atoms with Gasteiger partial charge in [0.1, 0.15) is 54.6 Å². The number of carbonyl (C=O) groups is 10. The third kappa shape index (κ3) is 22.4. The lowest BCUT2D eigenvalue weighted by molar-refractivity contribution is -0.136. The predicted molar refractivity (Wildman–Crippen MR) is 304 cm³/mol. The number of nitrogens with two attached hydrogens (primary N) is 6. The topological polar surface area (TPSA) is 492 Å². The third-order valence-electron chi connectivity index (χ3n) is 12.8. The van der Waals surface area contributed by atoms with Crippen molar-refractivity contribution in [3.8, 4) is 0 Å². The average Bonchev–Trinajstić information content (AvgIpc) is 4.15. The van der Waals surface area contributed by atoms with E-state index in [9.17, 15) is 47.9 Å². The molecule has 4 rings (SSSR count). The van der Waals surface area contributed by atoms with Crippen LogP contribution in [0.25, 0.3) is 10.9 Å². The van der Waals surface area contributed by atoms with Gasteiger partial charge in [-0.1, -0.05) is 48.5 Å². The van der Waals surface area contributed by atoms with Crippen LogP contribution in [0.5, 0.6) is 0 Å². The van der Waals surface area contributed by atoms with Crippen LogP contribution in [-0.4, -0.2) is 154 Å². The van der Waals surface area contributed by atoms with Crippen molar-refractivity contribution in [2.75, 3.05) is 19.6 Å². The molecule has 2 aromatic heterocycles. The van der Waals surface area contributed by atoms with E-state index in [1.807, 2.05) is 18.2 Å². The number of hydrogen-bond donors (Lipinski definition) is 16. The monoisotopic (exact) mass is 1140 g/mol. The molecule has 0 spiro atoms. The predicted octanol–water partition coefficient (Wildman–Crippen LogP) is -3.85. The Morgan fingerprint density at radius 2 is 1.06 bits per heavy atom. The van der Waals surface area contributed by atoms with Crippen molar-refractivity contribution in [3.05, 3.63) is 90.1 Å². The minimum Gasteiger partial charge on any atom is -0.370 e. The van der Waals surface area contributed by atoms with Crippen LogP contribution in [0.3, 0.4) is 0 Å². The lowest BCUT2D eigenvalue weighted by Gasteiger charge is -2.28. The van der Waals surface area contributed by atoms with Gasteiger partial charge >= 0.3 is 0 Å². The molecule has 9 amide bonds. The van der Waals surface area contributed by atoms with E-state index >= 15 is 0 Å². The molecule has 0 bridgehead atoms. The lowest BCUT2D eigenvalue weighted by Crippen LogP contribution is -2.61. The van der Waals surface area contributed by atoms with Crippen LogP contribution in [0.2, 0.25) is 0 Å². The van der Waals surface area contributed by atoms with Crippen LogP contribution in [0.15, 0.2) is 83.3 Å². The maximum absolute atomic E-state index is 14.8. The standard InChI is InChI=1S/C53H77N19O10/c1-30(45(76)67-37(44(55)75)16-8-9-20-54)65-49(80)42(25-33-27-63-36-15-7-6-14-35(33)36)71-47(78)39(18-11-22-62-53(58)59)68-50(81)41(24-32-12-4-3-5-13-32)70-51(82)43(26-34-28-60-29-64-34)72-48(79)40(19-23-73)69-46(77)38(66-31(2)74)17-10-21-61-52(56)57/h3-7,12-15,23,27-30,37-43,63H,8-11,16-22,24-26,54H2,1-2H3,(H2,55,75)(H,60,64)(H,65,80)(H,66,74)(H,67,76)(H,68,81)(H,69,77)(H,70,82)(H,71,78)(H,72,79)(H4,56,57,61)(H4,58,59,62)/t30-,37-,38-,39-,40-,41+,42-,43-/m0/s1. The highest BCUT2D eigenvalue weighted by Crippen LogP contribution is 2.20. The third-order valence-corrected chi connectivity index (χ3v) is 12.8. The number of aliphatic imine (C=N–C) groups is 2. The van der Waals surface area contributed by atoms with Crippen LogP contribution >= 0.6 is 0 Å². The van der Waals surface area contributed by atoms with Gasteiger partial charge in [-0.25, -0.2) is 4.98 Å². The number of fused-ring (bicyclic) bond motifs is 1. The van der Waals surface area contributed by atoms with Gasteiger partial charge in [0.15, 0.2) is 11.9 Å². The Morgan fingerprint density at radius 1 is 0.561 bits per heavy atom. The van der Waals surface area contributed by atoms with Crippen LogP contribution in [0, 0.1) is 0 Å². The number of nitrogens with one attached hydrogen (secondary N) is 10. The van der Waals surface area contributed by atoms with Gasteiger partial charge in [0.05, 0.1) is 6.33 Å². The Hall–Kier alpha value is -9.41. The minimum atomic E-state index is -1.55. The van der Waals surface area contributed by atoms with Crippen molar-refractivity contribution in [1.82, 2.24) is 57.5 Å². The lowest BCUT2D eigenvalue weighted by atomic mass is 10.0. The summed E-state index contributed by atoms with van der Waals surface area (Å²) in [6.45, 7) is 3.09. The molecule has 4 aromatic rings. The summed E-state index contributed by atoms with van der Waals surface area (Å²) in [5.74, 6) is -7.70. The van der Waals surface area contributed by atoms with E-state index in [2.05, 4.69) is 67.5 Å². The van der Waals surface area contributed by atoms with E-state index < -0.39 is 108 Å². The van der Waals surface area contributed by atoms with Crippen molar-refractivity contribution in [2.24, 2.45) is 44.4 Å². The van der Waals surface area contributed by atoms with Gasteiger partial charge in [-0.05, 0) is 75.6 Å². The van der Waals surface area contributed by atoms with Crippen molar-refractivity contribution < 1.29 is 47.9 Å². The largest absolute Gasteiger partial charge is 0.370 e. The number of benzene rings is 2. The highest BCUT2D eigenvalue weighted by Gasteiger charge is 2.35. The van der Waals surface area contributed by atoms with Crippen molar-refractivity contribution in [2.45, 2.75) is 133 Å². The molecule has 2 aromatic carbocycles. The second-order valence-corrected chi connectivity index (χ2v) is 19.4. The fourth-order valence-electron chi connectivity index (χ4n) is 8.55. The Bertz CT molecular complexity index is 2840. The fraction of sp³-hybridized carbons (Fsp3) is 0.453. The van der Waals surface area contributed by atoms with Gasteiger partial charge < -0.3 is 91.7 Å². The number of imidazole rings is 1. The molecular formula is C53H77N19O10. The van der Waals surface area contributed by atoms with Gasteiger partial charge in [-0.15, -0.1) is 0 Å². The summed E-state index contributed by atoms with van der Waals surface area (Å²) >= 11 is 0. The Balaban J connectivity index is 1.66. The zero-order valence-corrected chi connectivity index (χ0v) is 45.9. The first-order valence-electron chi connectivity index (χ1n) is 26.7. The quantitative estimate of drug-likeness (QED) is 0.00897. The number of guanidine groups is 2. The molecule has 8 atom stereocenters. The molecule has 2 heterocycles. The molecule has 0 saturated heterocycles. The first-order chi connectivity index (χ1) is 39.2. The summed E-state index contributed by atoms with van der Waals surface area (Å²) in [5.41, 5.74) is 35.4. The molecule has 0 aliphatic rings. The van der Waals surface area contributed by atoms with Gasteiger partial charge in [-0.2, -0.15) is 0 Å². The summed E-state index contributed by atoms with van der Waals surface area (Å²) < 4.78 is 0. The number of para-hydroxylation sites is 1. The highest BCUT2D eigenvalue weighted by molar-refractivity contribution is 5.99. The van der Waals surface area contributed by atoms with Gasteiger partial charge in [0.25, 0.3) is 0 Å². The van der Waals surface area contributed by atoms with E-state index in [1.54, 1.807) is 42.6 Å². The smallest absolute Gasteiger partial charge is 0.243 e. The first-order valence-corrected chi connectivity index (χ1v) is 26.7. The molecule has 29 nitrogen and oxygen atoms in total. The number of rotatable bonds is 36. The Kier molecular flexibility index (Phi) is 26.9. The average molecular weight is 1140 g/mol. The number of nitrogens with zero attached hydrogens (tertiary/aromatic N) is 3. The number of aromatic amines is 2. The number of carbonyl (C=O) groups excluding carboxylic acids is 10. The number of aromatic nitrogens is 3. The molecule has 82 heavy (non-hydrogen) atoms. The van der Waals surface area contributed by atoms with Gasteiger partial charge in [0, 0.05) is 74.7 Å². The second-order valence-electron chi connectivity index (χ2n) is 19.4. The minimum absolute atomic E-state index is 0.0183. The first kappa shape index (κ1) is 65.1. The number of unbranched alkanes of at least 4 members (excludes halogenated alkanes) is 1. The SMILES string of the molecule is CC(=O)N[C@@H](CCCN=C(N)N)C(=O)N[C@@H](CC=O)C(=O)N[C@@H](Cc1cnc[nH]1)C(=O)N[C@H](Cc1ccccc1)C(=O)N[C@@H](CCCN=C(N)N)C(=O)N[C@@H](Cc1c[nH]c2ccccc12)C(=O)N[C@@H](C)C(=O)N[C@@H](CCCCN)C(N)=O. The van der Waals surface area contributed by atoms with Crippen LogP contribution in [0.1, 0.15) is 82.0 Å². The van der Waals surface area contributed by atoms with Gasteiger partial charge in [-0.3, -0.25) is 53.1 Å². The summed E-state index contributed by atoms with van der Waals surface area (Å²) in [6, 6.07) is 5.01. The van der Waals surface area contributed by atoms with Crippen LogP contribution in [0.4, 0.5) is 0 Å². The molecule has 0 aliphatic heterocycles. The van der Waals surface area contributed by atoms with Crippen molar-refractivity contribution in [3.63, 3.8) is 0 Å². The summed E-state index contributed by atoms with van der Waals surface area (Å²) in [4.78, 5) is 153. The zero-order chi connectivity index (χ0) is 60.1. The number of amides is 9. The zero-order valence-electron chi connectivity index (χ0n) is 45.9. The highest BCUT2D eigenvalue weighted by atomic mass is 16.2. The number of H-pyrrole nitrogens is 2. The molecule has 22 N–H and O–H groups in total. The summed E-state index contributed by atoms with van der Waals surface area (Å²) in [5, 5.41) is 21.7. The number of primary amides is 1. The second kappa shape index (κ2) is 33.9. The van der Waals surface area contributed by atoms with Crippen molar-refractivity contribution >= 4 is 82.3 Å². The van der Waals surface area contributed by atoms with Gasteiger partial charge in [0.2, 0.25) is 53.2 Å². The molecule has 0 aliphatic carbocycles. The normalized spacial score (nSPS) is 13.8.